The van der Waals surface area contributed by atoms with Crippen molar-refractivity contribution in [2.24, 2.45) is 0 Å². The number of pyridine rings is 1. The molecule has 0 aliphatic carbocycles. The van der Waals surface area contributed by atoms with Gasteiger partial charge in [-0.25, -0.2) is 4.98 Å². The SMILES string of the molecule is CCN(C(=O)c1cnc(C)cn1)C(c1ccc(C)cc1)c1cccnc1. The molecule has 0 bridgehead atoms. The van der Waals surface area contributed by atoms with Crippen molar-refractivity contribution >= 4 is 5.91 Å². The Bertz CT molecular complexity index is 861. The first-order chi connectivity index (χ1) is 12.6. The van der Waals surface area contributed by atoms with Crippen LogP contribution in [-0.2, 0) is 0 Å². The van der Waals surface area contributed by atoms with Gasteiger partial charge in [-0.2, -0.15) is 0 Å². The molecule has 0 N–H and O–H groups in total. The van der Waals surface area contributed by atoms with Gasteiger partial charge in [-0.15, -0.1) is 0 Å². The van der Waals surface area contributed by atoms with Gasteiger partial charge in [0.15, 0.2) is 0 Å². The lowest BCUT2D eigenvalue weighted by molar-refractivity contribution is 0.0710. The predicted molar refractivity (Wildman–Crippen MR) is 101 cm³/mol. The van der Waals surface area contributed by atoms with Gasteiger partial charge >= 0.3 is 0 Å². The predicted octanol–water partition coefficient (Wildman–Crippen LogP) is 3.74. The van der Waals surface area contributed by atoms with E-state index < -0.39 is 0 Å². The van der Waals surface area contributed by atoms with Crippen LogP contribution in [0.2, 0.25) is 0 Å². The fourth-order valence-corrected chi connectivity index (χ4v) is 2.93. The number of carbonyl (C=O) groups excluding carboxylic acids is 1. The molecular formula is C21H22N4O. The Labute approximate surface area is 153 Å². The van der Waals surface area contributed by atoms with E-state index in [0.717, 1.165) is 16.8 Å². The van der Waals surface area contributed by atoms with Crippen molar-refractivity contribution in [1.29, 1.82) is 0 Å². The van der Waals surface area contributed by atoms with Crippen LogP contribution in [0.1, 0.15) is 45.8 Å². The van der Waals surface area contributed by atoms with Gasteiger partial charge in [0.1, 0.15) is 5.69 Å². The Morgan fingerprint density at radius 1 is 1.00 bits per heavy atom. The standard InChI is InChI=1S/C21H22N4O/c1-4-25(21(26)19-14-23-16(3)12-24-19)20(18-6-5-11-22-13-18)17-9-7-15(2)8-10-17/h5-14,20H,4H2,1-3H3. The molecule has 26 heavy (non-hydrogen) atoms. The minimum absolute atomic E-state index is 0.144. The summed E-state index contributed by atoms with van der Waals surface area (Å²) in [6, 6.07) is 11.9. The quantitative estimate of drug-likeness (QED) is 0.706. The number of amides is 1. The van der Waals surface area contributed by atoms with E-state index in [9.17, 15) is 4.79 Å². The molecule has 0 fully saturated rings. The highest BCUT2D eigenvalue weighted by Gasteiger charge is 2.27. The third kappa shape index (κ3) is 3.77. The van der Waals surface area contributed by atoms with Gasteiger partial charge in [0.05, 0.1) is 17.9 Å². The summed E-state index contributed by atoms with van der Waals surface area (Å²) >= 11 is 0. The number of hydrogen-bond acceptors (Lipinski definition) is 4. The molecule has 5 heteroatoms. The second-order valence-corrected chi connectivity index (χ2v) is 6.23. The number of nitrogens with zero attached hydrogens (tertiary/aromatic N) is 4. The summed E-state index contributed by atoms with van der Waals surface area (Å²) < 4.78 is 0. The molecule has 5 nitrogen and oxygen atoms in total. The first-order valence-corrected chi connectivity index (χ1v) is 8.66. The smallest absolute Gasteiger partial charge is 0.274 e. The molecule has 0 saturated heterocycles. The monoisotopic (exact) mass is 346 g/mol. The summed E-state index contributed by atoms with van der Waals surface area (Å²) in [5, 5.41) is 0. The lowest BCUT2D eigenvalue weighted by Crippen LogP contribution is -2.36. The molecule has 3 aromatic rings. The Morgan fingerprint density at radius 3 is 2.35 bits per heavy atom. The maximum absolute atomic E-state index is 13.1. The van der Waals surface area contributed by atoms with Gasteiger partial charge in [-0.05, 0) is 38.0 Å². The summed E-state index contributed by atoms with van der Waals surface area (Å²) in [6.07, 6.45) is 6.70. The highest BCUT2D eigenvalue weighted by molar-refractivity contribution is 5.92. The van der Waals surface area contributed by atoms with Crippen LogP contribution in [0.3, 0.4) is 0 Å². The van der Waals surface area contributed by atoms with Crippen LogP contribution in [0.15, 0.2) is 61.2 Å². The molecule has 1 atom stereocenters. The normalized spacial score (nSPS) is 11.8. The molecule has 1 aromatic carbocycles. The van der Waals surface area contributed by atoms with Crippen LogP contribution < -0.4 is 0 Å². The molecule has 2 aromatic heterocycles. The van der Waals surface area contributed by atoms with Crippen LogP contribution in [-0.4, -0.2) is 32.3 Å². The third-order valence-corrected chi connectivity index (χ3v) is 4.31. The Kier molecular flexibility index (Phi) is 5.37. The third-order valence-electron chi connectivity index (χ3n) is 4.31. The molecule has 2 heterocycles. The van der Waals surface area contributed by atoms with Crippen molar-refractivity contribution < 1.29 is 4.79 Å². The highest BCUT2D eigenvalue weighted by atomic mass is 16.2. The second-order valence-electron chi connectivity index (χ2n) is 6.23. The Balaban J connectivity index is 2.05. The van der Waals surface area contributed by atoms with Gasteiger partial charge in [-0.3, -0.25) is 14.8 Å². The van der Waals surface area contributed by atoms with Crippen molar-refractivity contribution in [3.05, 3.63) is 89.3 Å². The molecule has 0 radical (unpaired) electrons. The highest BCUT2D eigenvalue weighted by Crippen LogP contribution is 2.29. The zero-order valence-electron chi connectivity index (χ0n) is 15.3. The molecule has 3 rings (SSSR count). The van der Waals surface area contributed by atoms with Crippen LogP contribution in [0.25, 0.3) is 0 Å². The molecule has 1 amide bonds. The lowest BCUT2D eigenvalue weighted by atomic mass is 9.97. The van der Waals surface area contributed by atoms with Crippen LogP contribution in [0, 0.1) is 13.8 Å². The van der Waals surface area contributed by atoms with Crippen molar-refractivity contribution in [3.8, 4) is 0 Å². The van der Waals surface area contributed by atoms with Gasteiger partial charge in [0, 0.05) is 25.1 Å². The van der Waals surface area contributed by atoms with E-state index in [2.05, 4.69) is 39.2 Å². The average Bonchev–Trinajstić information content (AvgIpc) is 2.68. The molecule has 0 saturated carbocycles. The van der Waals surface area contributed by atoms with Gasteiger partial charge in [0.25, 0.3) is 5.91 Å². The van der Waals surface area contributed by atoms with E-state index >= 15 is 0 Å². The summed E-state index contributed by atoms with van der Waals surface area (Å²) in [5.74, 6) is -0.144. The average molecular weight is 346 g/mol. The van der Waals surface area contributed by atoms with E-state index in [1.54, 1.807) is 23.5 Å². The second kappa shape index (κ2) is 7.87. The summed E-state index contributed by atoms with van der Waals surface area (Å²) in [5.41, 5.74) is 4.31. The van der Waals surface area contributed by atoms with Gasteiger partial charge in [0.2, 0.25) is 0 Å². The summed E-state index contributed by atoms with van der Waals surface area (Å²) in [6.45, 7) is 6.41. The van der Waals surface area contributed by atoms with E-state index in [-0.39, 0.29) is 11.9 Å². The summed E-state index contributed by atoms with van der Waals surface area (Å²) in [4.78, 5) is 27.7. The summed E-state index contributed by atoms with van der Waals surface area (Å²) in [7, 11) is 0. The van der Waals surface area contributed by atoms with Gasteiger partial charge in [-0.1, -0.05) is 35.9 Å². The number of carbonyl (C=O) groups is 1. The van der Waals surface area contributed by atoms with Crippen molar-refractivity contribution in [1.82, 2.24) is 19.9 Å². The molecule has 0 aliphatic rings. The first kappa shape index (κ1) is 17.7. The Hall–Kier alpha value is -3.08. The maximum Gasteiger partial charge on any atom is 0.274 e. The first-order valence-electron chi connectivity index (χ1n) is 8.66. The van der Waals surface area contributed by atoms with Crippen LogP contribution in [0.4, 0.5) is 0 Å². The van der Waals surface area contributed by atoms with Crippen LogP contribution in [0.5, 0.6) is 0 Å². The number of hydrogen-bond donors (Lipinski definition) is 0. The Morgan fingerprint density at radius 2 is 1.77 bits per heavy atom. The minimum Gasteiger partial charge on any atom is -0.326 e. The zero-order chi connectivity index (χ0) is 18.5. The van der Waals surface area contributed by atoms with Gasteiger partial charge < -0.3 is 4.90 Å². The topological polar surface area (TPSA) is 59.0 Å². The maximum atomic E-state index is 13.1. The van der Waals surface area contributed by atoms with E-state index in [1.807, 2.05) is 32.9 Å². The number of benzene rings is 1. The zero-order valence-corrected chi connectivity index (χ0v) is 15.3. The lowest BCUT2D eigenvalue weighted by Gasteiger charge is -2.31. The van der Waals surface area contributed by atoms with Crippen LogP contribution >= 0.6 is 0 Å². The fraction of sp³-hybridized carbons (Fsp3) is 0.238. The van der Waals surface area contributed by atoms with E-state index in [1.165, 1.54) is 11.8 Å². The molecule has 0 spiro atoms. The van der Waals surface area contributed by atoms with Crippen molar-refractivity contribution in [2.45, 2.75) is 26.8 Å². The van der Waals surface area contributed by atoms with Crippen molar-refractivity contribution in [2.75, 3.05) is 6.54 Å². The molecule has 0 aliphatic heterocycles. The fourth-order valence-electron chi connectivity index (χ4n) is 2.93. The van der Waals surface area contributed by atoms with E-state index in [0.29, 0.717) is 12.2 Å². The molecular weight excluding hydrogens is 324 g/mol. The number of aryl methyl sites for hydroxylation is 2. The molecule has 132 valence electrons. The molecule has 1 unspecified atom stereocenters. The minimum atomic E-state index is -0.232. The van der Waals surface area contributed by atoms with Crippen molar-refractivity contribution in [3.63, 3.8) is 0 Å². The largest absolute Gasteiger partial charge is 0.326 e. The number of rotatable bonds is 5. The number of aromatic nitrogens is 3. The van der Waals surface area contributed by atoms with E-state index in [4.69, 9.17) is 0 Å².